The molecular weight excluding hydrogens is 753 g/mol. The van der Waals surface area contributed by atoms with E-state index in [0.29, 0.717) is 12.0 Å². The molecule has 0 radical (unpaired) electrons. The zero-order chi connectivity index (χ0) is 40.5. The zero-order valence-electron chi connectivity index (χ0n) is 34.3. The van der Waals surface area contributed by atoms with Gasteiger partial charge < -0.3 is 14.2 Å². The third-order valence-corrected chi connectivity index (χ3v) is 14.8. The lowest BCUT2D eigenvalue weighted by Crippen LogP contribution is -2.36. The van der Waals surface area contributed by atoms with Crippen molar-refractivity contribution in [3.05, 3.63) is 222 Å². The molecule has 0 bridgehead atoms. The van der Waals surface area contributed by atoms with E-state index in [9.17, 15) is 0 Å². The van der Waals surface area contributed by atoms with Crippen LogP contribution in [0.3, 0.4) is 0 Å². The van der Waals surface area contributed by atoms with Crippen LogP contribution in [0.15, 0.2) is 194 Å². The molecule has 9 aromatic carbocycles. The zero-order valence-corrected chi connectivity index (χ0v) is 34.3. The first-order valence-corrected chi connectivity index (χ1v) is 22.3. The number of benzene rings is 9. The van der Waals surface area contributed by atoms with E-state index in [1.54, 1.807) is 0 Å². The minimum Gasteiger partial charge on any atom is -0.489 e. The standard InChI is InChI=1S/C59H42N2O/c1-2-15-40(16-3-1)60-54-23-11-8-20-49(54)59(50-21-9-12-24-55(50)60)48-30-27-38(35-47(48)58-42-17-5-4-14-37(42)26-31-51(58)59)39-28-32-53-45(34-39)43-18-6-10-22-52(43)61(53)41-29-33-57-46(36-41)44-19-7-13-25-56(44)62-57/h1-6,8-12,14-18,20-24,26-36,44,56H,7,13,19,25H2/t44?,56-/m1/s1. The molecule has 1 unspecified atom stereocenters. The van der Waals surface area contributed by atoms with Crippen molar-refractivity contribution in [1.29, 1.82) is 0 Å². The molecule has 10 aromatic rings. The van der Waals surface area contributed by atoms with E-state index in [-0.39, 0.29) is 0 Å². The maximum atomic E-state index is 6.48. The largest absolute Gasteiger partial charge is 0.489 e. The van der Waals surface area contributed by atoms with Crippen LogP contribution in [0.5, 0.6) is 5.75 Å². The van der Waals surface area contributed by atoms with Crippen molar-refractivity contribution in [2.24, 2.45) is 0 Å². The highest BCUT2D eigenvalue weighted by atomic mass is 16.5. The van der Waals surface area contributed by atoms with Crippen LogP contribution in [-0.2, 0) is 5.41 Å². The van der Waals surface area contributed by atoms with Gasteiger partial charge >= 0.3 is 0 Å². The Labute approximate surface area is 361 Å². The number of rotatable bonds is 3. The van der Waals surface area contributed by atoms with Gasteiger partial charge in [0.25, 0.3) is 0 Å². The van der Waals surface area contributed by atoms with Crippen molar-refractivity contribution in [3.63, 3.8) is 0 Å². The predicted octanol–water partition coefficient (Wildman–Crippen LogP) is 15.2. The van der Waals surface area contributed by atoms with Crippen molar-refractivity contribution in [3.8, 4) is 33.7 Å². The minimum atomic E-state index is -0.512. The van der Waals surface area contributed by atoms with Gasteiger partial charge in [-0.25, -0.2) is 0 Å². The van der Waals surface area contributed by atoms with E-state index in [4.69, 9.17) is 4.74 Å². The van der Waals surface area contributed by atoms with Crippen LogP contribution >= 0.6 is 0 Å². The SMILES string of the molecule is c1ccc(N2c3ccccc3C3(c4ccc(-c5ccc6c(c5)c5ccccc5n6-c5ccc6c(c5)C5CCCC[C@H]5O6)cc4-c4c3ccc3ccccc43)c3ccccc32)cc1. The summed E-state index contributed by atoms with van der Waals surface area (Å²) >= 11 is 0. The number of anilines is 3. The first-order chi connectivity index (χ1) is 30.8. The summed E-state index contributed by atoms with van der Waals surface area (Å²) in [5, 5.41) is 5.09. The third kappa shape index (κ3) is 4.55. The second kappa shape index (κ2) is 12.8. The summed E-state index contributed by atoms with van der Waals surface area (Å²) in [5.74, 6) is 1.58. The number of aromatic nitrogens is 1. The van der Waals surface area contributed by atoms with Gasteiger partial charge in [-0.15, -0.1) is 0 Å². The molecule has 2 aliphatic heterocycles. The van der Waals surface area contributed by atoms with Crippen LogP contribution in [-0.4, -0.2) is 10.7 Å². The molecule has 1 fully saturated rings. The smallest absolute Gasteiger partial charge is 0.123 e. The van der Waals surface area contributed by atoms with E-state index < -0.39 is 5.41 Å². The Bertz CT molecular complexity index is 3440. The highest BCUT2D eigenvalue weighted by Gasteiger charge is 2.52. The van der Waals surface area contributed by atoms with Gasteiger partial charge in [0.1, 0.15) is 11.9 Å². The van der Waals surface area contributed by atoms with Crippen LogP contribution in [0, 0.1) is 0 Å². The number of fused-ring (bicyclic) bond motifs is 17. The second-order valence-electron chi connectivity index (χ2n) is 17.8. The average molecular weight is 795 g/mol. The molecule has 0 amide bonds. The van der Waals surface area contributed by atoms with Crippen molar-refractivity contribution in [2.75, 3.05) is 4.90 Å². The lowest BCUT2D eigenvalue weighted by molar-refractivity contribution is 0.164. The first kappa shape index (κ1) is 34.4. The maximum absolute atomic E-state index is 6.48. The van der Waals surface area contributed by atoms with Crippen LogP contribution in [0.25, 0.3) is 60.5 Å². The Hall–Kier alpha value is -7.36. The summed E-state index contributed by atoms with van der Waals surface area (Å²) in [6.45, 7) is 0. The monoisotopic (exact) mass is 794 g/mol. The summed E-state index contributed by atoms with van der Waals surface area (Å²) in [4.78, 5) is 2.46. The molecule has 2 aliphatic carbocycles. The minimum absolute atomic E-state index is 0.327. The molecule has 62 heavy (non-hydrogen) atoms. The van der Waals surface area contributed by atoms with Crippen molar-refractivity contribution in [1.82, 2.24) is 4.57 Å². The van der Waals surface area contributed by atoms with Crippen LogP contribution in [0.1, 0.15) is 59.4 Å². The Kier molecular flexibility index (Phi) is 7.11. The predicted molar refractivity (Wildman–Crippen MR) is 255 cm³/mol. The van der Waals surface area contributed by atoms with Crippen LogP contribution < -0.4 is 9.64 Å². The van der Waals surface area contributed by atoms with Crippen LogP contribution in [0.4, 0.5) is 17.1 Å². The molecule has 1 aromatic heterocycles. The molecule has 0 N–H and O–H groups in total. The fraction of sp³-hybridized carbons (Fsp3) is 0.119. The Morgan fingerprint density at radius 3 is 2.00 bits per heavy atom. The number of nitrogens with zero attached hydrogens (tertiary/aromatic N) is 2. The third-order valence-electron chi connectivity index (χ3n) is 14.8. The van der Waals surface area contributed by atoms with E-state index in [2.05, 4.69) is 204 Å². The van der Waals surface area contributed by atoms with E-state index in [0.717, 1.165) is 17.9 Å². The lowest BCUT2D eigenvalue weighted by Gasteiger charge is -2.45. The Morgan fingerprint density at radius 2 is 1.15 bits per heavy atom. The normalized spacial score (nSPS) is 17.6. The summed E-state index contributed by atoms with van der Waals surface area (Å²) in [6.07, 6.45) is 5.25. The number of para-hydroxylation sites is 4. The van der Waals surface area contributed by atoms with Crippen molar-refractivity contribution < 1.29 is 4.74 Å². The lowest BCUT2D eigenvalue weighted by atomic mass is 9.64. The molecule has 4 aliphatic rings. The molecule has 1 spiro atoms. The summed E-state index contributed by atoms with van der Waals surface area (Å²) in [6, 6.07) is 73.0. The topological polar surface area (TPSA) is 17.4 Å². The molecule has 294 valence electrons. The molecule has 1 saturated carbocycles. The highest BCUT2D eigenvalue weighted by molar-refractivity contribution is 6.11. The molecule has 0 saturated heterocycles. The van der Waals surface area contributed by atoms with Gasteiger partial charge in [-0.05, 0) is 141 Å². The molecule has 3 heterocycles. The highest BCUT2D eigenvalue weighted by Crippen LogP contribution is 2.64. The first-order valence-electron chi connectivity index (χ1n) is 22.3. The summed E-state index contributed by atoms with van der Waals surface area (Å²) < 4.78 is 8.95. The van der Waals surface area contributed by atoms with Crippen LogP contribution in [0.2, 0.25) is 0 Å². The molecule has 3 heteroatoms. The van der Waals surface area contributed by atoms with E-state index in [1.165, 1.54) is 119 Å². The van der Waals surface area contributed by atoms with Gasteiger partial charge in [-0.1, -0.05) is 134 Å². The van der Waals surface area contributed by atoms with Gasteiger partial charge in [-0.2, -0.15) is 0 Å². The Morgan fingerprint density at radius 1 is 0.468 bits per heavy atom. The van der Waals surface area contributed by atoms with Gasteiger partial charge in [0.2, 0.25) is 0 Å². The maximum Gasteiger partial charge on any atom is 0.123 e. The average Bonchev–Trinajstić information content (AvgIpc) is 3.98. The quantitative estimate of drug-likeness (QED) is 0.177. The molecule has 3 nitrogen and oxygen atoms in total. The van der Waals surface area contributed by atoms with Gasteiger partial charge in [-0.3, -0.25) is 0 Å². The fourth-order valence-electron chi connectivity index (χ4n) is 12.2. The van der Waals surface area contributed by atoms with Gasteiger partial charge in [0.15, 0.2) is 0 Å². The Balaban J connectivity index is 0.982. The summed E-state index contributed by atoms with van der Waals surface area (Å²) in [7, 11) is 0. The number of hydrogen-bond acceptors (Lipinski definition) is 2. The number of ether oxygens (including phenoxy) is 1. The summed E-state index contributed by atoms with van der Waals surface area (Å²) in [5.41, 5.74) is 18.5. The number of hydrogen-bond donors (Lipinski definition) is 0. The second-order valence-corrected chi connectivity index (χ2v) is 17.8. The fourth-order valence-corrected chi connectivity index (χ4v) is 12.2. The molecule has 2 atom stereocenters. The van der Waals surface area contributed by atoms with E-state index in [1.807, 2.05) is 0 Å². The van der Waals surface area contributed by atoms with E-state index >= 15 is 0 Å². The molecular formula is C59H42N2O. The van der Waals surface area contributed by atoms with Crippen molar-refractivity contribution in [2.45, 2.75) is 43.1 Å². The van der Waals surface area contributed by atoms with Gasteiger partial charge in [0, 0.05) is 33.6 Å². The molecule has 14 rings (SSSR count). The van der Waals surface area contributed by atoms with Crippen molar-refractivity contribution >= 4 is 49.6 Å². The van der Waals surface area contributed by atoms with Gasteiger partial charge in [0.05, 0.1) is 27.8 Å².